The molecule has 2 aromatic rings. The van der Waals surface area contributed by atoms with Crippen molar-refractivity contribution in [2.45, 2.75) is 38.5 Å². The number of fused-ring (bicyclic) bond motifs is 1. The van der Waals surface area contributed by atoms with Gasteiger partial charge in [0.25, 0.3) is 0 Å². The van der Waals surface area contributed by atoms with E-state index in [9.17, 15) is 0 Å². The highest BCUT2D eigenvalue weighted by molar-refractivity contribution is 5.73. The van der Waals surface area contributed by atoms with E-state index in [4.69, 9.17) is 4.42 Å². The number of aromatic nitrogens is 1. The molecule has 0 radical (unpaired) electrons. The minimum Gasteiger partial charge on any atom is -0.440 e. The summed E-state index contributed by atoms with van der Waals surface area (Å²) in [5.41, 5.74) is 3.23. The number of hydrogen-bond donors (Lipinski definition) is 1. The van der Waals surface area contributed by atoms with E-state index in [1.165, 1.54) is 12.0 Å². The van der Waals surface area contributed by atoms with Crippen molar-refractivity contribution in [3.8, 4) is 0 Å². The fourth-order valence-electron chi connectivity index (χ4n) is 2.46. The molecule has 3 nitrogen and oxygen atoms in total. The molecular weight excluding hydrogens is 224 g/mol. The molecule has 3 rings (SSSR count). The molecule has 96 valence electrons. The summed E-state index contributed by atoms with van der Waals surface area (Å²) in [7, 11) is 0. The fraction of sp³-hybridized carbons (Fsp3) is 0.533. The van der Waals surface area contributed by atoms with Gasteiger partial charge in [-0.15, -0.1) is 0 Å². The van der Waals surface area contributed by atoms with E-state index >= 15 is 0 Å². The Morgan fingerprint density at radius 1 is 1.33 bits per heavy atom. The van der Waals surface area contributed by atoms with Crippen LogP contribution >= 0.6 is 0 Å². The molecule has 0 spiro atoms. The van der Waals surface area contributed by atoms with Crippen LogP contribution in [-0.2, 0) is 5.41 Å². The second kappa shape index (κ2) is 4.09. The quantitative estimate of drug-likeness (QED) is 0.837. The Hall–Kier alpha value is -1.35. The summed E-state index contributed by atoms with van der Waals surface area (Å²) >= 11 is 0. The van der Waals surface area contributed by atoms with Crippen LogP contribution in [0.4, 0.5) is 0 Å². The molecule has 0 aliphatic carbocycles. The first-order valence-electron chi connectivity index (χ1n) is 6.66. The van der Waals surface area contributed by atoms with Gasteiger partial charge in [-0.1, -0.05) is 26.8 Å². The Balaban J connectivity index is 2.01. The molecule has 1 aliphatic heterocycles. The molecule has 18 heavy (non-hydrogen) atoms. The Morgan fingerprint density at radius 3 is 2.83 bits per heavy atom. The van der Waals surface area contributed by atoms with Gasteiger partial charge in [0.05, 0.1) is 0 Å². The molecule has 1 N–H and O–H groups in total. The average Bonchev–Trinajstić information content (AvgIpc) is 2.96. The van der Waals surface area contributed by atoms with Gasteiger partial charge in [0.1, 0.15) is 5.52 Å². The first-order chi connectivity index (χ1) is 8.54. The fourth-order valence-corrected chi connectivity index (χ4v) is 2.46. The van der Waals surface area contributed by atoms with E-state index in [1.807, 2.05) is 0 Å². The van der Waals surface area contributed by atoms with Crippen LogP contribution in [0.3, 0.4) is 0 Å². The van der Waals surface area contributed by atoms with Crippen LogP contribution in [0.5, 0.6) is 0 Å². The first-order valence-corrected chi connectivity index (χ1v) is 6.66. The highest BCUT2D eigenvalue weighted by Crippen LogP contribution is 2.29. The lowest BCUT2D eigenvalue weighted by Gasteiger charge is -2.11. The SMILES string of the molecule is CC(C)(C)c1nc2cc(C3CCNC3)ccc2o1. The molecule has 1 aliphatic rings. The molecule has 1 unspecified atom stereocenters. The summed E-state index contributed by atoms with van der Waals surface area (Å²) in [6.07, 6.45) is 1.22. The van der Waals surface area contributed by atoms with Crippen LogP contribution in [0.25, 0.3) is 11.1 Å². The molecule has 1 saturated heterocycles. The monoisotopic (exact) mass is 244 g/mol. The molecule has 0 amide bonds. The third-order valence-corrected chi connectivity index (χ3v) is 3.58. The van der Waals surface area contributed by atoms with E-state index in [0.29, 0.717) is 5.92 Å². The lowest BCUT2D eigenvalue weighted by molar-refractivity contribution is 0.411. The largest absolute Gasteiger partial charge is 0.440 e. The number of rotatable bonds is 1. The predicted octanol–water partition coefficient (Wildman–Crippen LogP) is 3.20. The average molecular weight is 244 g/mol. The second-order valence-electron chi connectivity index (χ2n) is 6.19. The van der Waals surface area contributed by atoms with Gasteiger partial charge in [0.15, 0.2) is 5.58 Å². The Bertz CT molecular complexity index is 559. The number of hydrogen-bond acceptors (Lipinski definition) is 3. The Labute approximate surface area is 108 Å². The zero-order valence-corrected chi connectivity index (χ0v) is 11.3. The second-order valence-corrected chi connectivity index (χ2v) is 6.19. The van der Waals surface area contributed by atoms with Crippen molar-refractivity contribution in [2.75, 3.05) is 13.1 Å². The molecule has 3 heteroatoms. The van der Waals surface area contributed by atoms with Gasteiger partial charge in [-0.25, -0.2) is 4.98 Å². The van der Waals surface area contributed by atoms with Crippen LogP contribution in [0, 0.1) is 0 Å². The summed E-state index contributed by atoms with van der Waals surface area (Å²) in [6, 6.07) is 6.43. The summed E-state index contributed by atoms with van der Waals surface area (Å²) in [5, 5.41) is 3.40. The van der Waals surface area contributed by atoms with Crippen molar-refractivity contribution in [1.82, 2.24) is 10.3 Å². The molecule has 1 fully saturated rings. The standard InChI is InChI=1S/C15H20N2O/c1-15(2,3)14-17-12-8-10(4-5-13(12)18-14)11-6-7-16-9-11/h4-5,8,11,16H,6-7,9H2,1-3H3. The first kappa shape index (κ1) is 11.7. The number of nitrogens with one attached hydrogen (secondary N) is 1. The van der Waals surface area contributed by atoms with Crippen molar-refractivity contribution < 1.29 is 4.42 Å². The molecule has 1 atom stereocenters. The third-order valence-electron chi connectivity index (χ3n) is 3.58. The maximum atomic E-state index is 5.82. The van der Waals surface area contributed by atoms with Crippen LogP contribution in [0.1, 0.15) is 44.6 Å². The van der Waals surface area contributed by atoms with E-state index in [0.717, 1.165) is 30.1 Å². The molecule has 0 saturated carbocycles. The number of oxazole rings is 1. The van der Waals surface area contributed by atoms with Gasteiger partial charge in [-0.3, -0.25) is 0 Å². The van der Waals surface area contributed by atoms with Crippen molar-refractivity contribution in [3.63, 3.8) is 0 Å². The lowest BCUT2D eigenvalue weighted by Crippen LogP contribution is -2.11. The van der Waals surface area contributed by atoms with Crippen molar-refractivity contribution in [2.24, 2.45) is 0 Å². The zero-order chi connectivity index (χ0) is 12.8. The molecular formula is C15H20N2O. The number of benzene rings is 1. The van der Waals surface area contributed by atoms with Gasteiger partial charge in [0.2, 0.25) is 5.89 Å². The third kappa shape index (κ3) is 2.03. The van der Waals surface area contributed by atoms with Crippen molar-refractivity contribution in [1.29, 1.82) is 0 Å². The lowest BCUT2D eigenvalue weighted by atomic mass is 9.97. The maximum Gasteiger partial charge on any atom is 0.200 e. The van der Waals surface area contributed by atoms with Crippen LogP contribution < -0.4 is 5.32 Å². The highest BCUT2D eigenvalue weighted by Gasteiger charge is 2.22. The maximum absolute atomic E-state index is 5.82. The molecule has 2 heterocycles. The predicted molar refractivity (Wildman–Crippen MR) is 72.9 cm³/mol. The minimum absolute atomic E-state index is 0.0336. The smallest absolute Gasteiger partial charge is 0.200 e. The van der Waals surface area contributed by atoms with Crippen LogP contribution in [-0.4, -0.2) is 18.1 Å². The van der Waals surface area contributed by atoms with Crippen molar-refractivity contribution in [3.05, 3.63) is 29.7 Å². The van der Waals surface area contributed by atoms with Crippen LogP contribution in [0.15, 0.2) is 22.6 Å². The Morgan fingerprint density at radius 2 is 2.17 bits per heavy atom. The van der Waals surface area contributed by atoms with Crippen molar-refractivity contribution >= 4 is 11.1 Å². The van der Waals surface area contributed by atoms with Gasteiger partial charge in [-0.05, 0) is 36.6 Å². The van der Waals surface area contributed by atoms with E-state index in [1.54, 1.807) is 0 Å². The zero-order valence-electron chi connectivity index (χ0n) is 11.3. The molecule has 1 aromatic heterocycles. The Kier molecular flexibility index (Phi) is 2.67. The van der Waals surface area contributed by atoms with E-state index < -0.39 is 0 Å². The minimum atomic E-state index is -0.0336. The highest BCUT2D eigenvalue weighted by atomic mass is 16.3. The summed E-state index contributed by atoms with van der Waals surface area (Å²) < 4.78 is 5.82. The molecule has 0 bridgehead atoms. The number of nitrogens with zero attached hydrogens (tertiary/aromatic N) is 1. The summed E-state index contributed by atoms with van der Waals surface area (Å²) in [6.45, 7) is 8.57. The van der Waals surface area contributed by atoms with E-state index in [-0.39, 0.29) is 5.41 Å². The molecule has 1 aromatic carbocycles. The van der Waals surface area contributed by atoms with Gasteiger partial charge in [-0.2, -0.15) is 0 Å². The summed E-state index contributed by atoms with van der Waals surface area (Å²) in [5.74, 6) is 1.45. The van der Waals surface area contributed by atoms with E-state index in [2.05, 4.69) is 49.3 Å². The van der Waals surface area contributed by atoms with Gasteiger partial charge in [0, 0.05) is 12.0 Å². The normalized spacial score (nSPS) is 20.7. The van der Waals surface area contributed by atoms with Gasteiger partial charge < -0.3 is 9.73 Å². The summed E-state index contributed by atoms with van der Waals surface area (Å²) in [4.78, 5) is 4.63. The van der Waals surface area contributed by atoms with Crippen LogP contribution in [0.2, 0.25) is 0 Å². The van der Waals surface area contributed by atoms with Gasteiger partial charge >= 0.3 is 0 Å². The topological polar surface area (TPSA) is 38.1 Å².